The summed E-state index contributed by atoms with van der Waals surface area (Å²) in [7, 11) is 1.85. The van der Waals surface area contributed by atoms with Crippen LogP contribution in [0.5, 0.6) is 0 Å². The van der Waals surface area contributed by atoms with Gasteiger partial charge in [-0.05, 0) is 0 Å². The van der Waals surface area contributed by atoms with E-state index in [9.17, 15) is 0 Å². The number of nitrogens with zero attached hydrogens (tertiary/aromatic N) is 1. The molecule has 1 rings (SSSR count). The number of likely N-dealkylation sites (N-methyl/N-ethyl adjacent to an activating group) is 1. The molecular weight excluding hydrogens is 136 g/mol. The molecule has 2 N–H and O–H groups in total. The van der Waals surface area contributed by atoms with Crippen molar-refractivity contribution in [1.82, 2.24) is 10.2 Å². The summed E-state index contributed by atoms with van der Waals surface area (Å²) in [5.74, 6) is 0. The molecular formula is C5H10N2OS. The van der Waals surface area contributed by atoms with Gasteiger partial charge in [0.25, 0.3) is 0 Å². The van der Waals surface area contributed by atoms with Crippen LogP contribution in [0.25, 0.3) is 0 Å². The average Bonchev–Trinajstić information content (AvgIpc) is 2.15. The van der Waals surface area contributed by atoms with E-state index in [-0.39, 0.29) is 6.61 Å². The van der Waals surface area contributed by atoms with Gasteiger partial charge in [0.2, 0.25) is 0 Å². The highest BCUT2D eigenvalue weighted by Gasteiger charge is 2.29. The van der Waals surface area contributed by atoms with Crippen LogP contribution in [0.15, 0.2) is 12.4 Å². The molecule has 1 aliphatic rings. The fourth-order valence-corrected chi connectivity index (χ4v) is 0.806. The van der Waals surface area contributed by atoms with Gasteiger partial charge in [0.05, 0.1) is 6.61 Å². The van der Waals surface area contributed by atoms with Crippen molar-refractivity contribution in [3.63, 3.8) is 0 Å². The van der Waals surface area contributed by atoms with Gasteiger partial charge in [0.15, 0.2) is 4.99 Å². The van der Waals surface area contributed by atoms with Gasteiger partial charge in [0, 0.05) is 19.4 Å². The molecule has 0 aromatic rings. The maximum atomic E-state index is 8.78. The van der Waals surface area contributed by atoms with Crippen molar-refractivity contribution in [3.8, 4) is 0 Å². The molecule has 1 heterocycles. The van der Waals surface area contributed by atoms with Crippen molar-refractivity contribution >= 4 is 12.6 Å². The lowest BCUT2D eigenvalue weighted by Crippen LogP contribution is -2.47. The number of rotatable bonds is 1. The molecule has 0 aromatic heterocycles. The van der Waals surface area contributed by atoms with E-state index in [4.69, 9.17) is 5.11 Å². The van der Waals surface area contributed by atoms with Crippen LogP contribution in [0.1, 0.15) is 0 Å². The van der Waals surface area contributed by atoms with Crippen molar-refractivity contribution in [1.29, 1.82) is 0 Å². The monoisotopic (exact) mass is 146 g/mol. The molecule has 3 nitrogen and oxygen atoms in total. The number of thiol groups is 1. The van der Waals surface area contributed by atoms with Gasteiger partial charge in [-0.2, -0.15) is 0 Å². The Morgan fingerprint density at radius 2 is 2.56 bits per heavy atom. The lowest BCUT2D eigenvalue weighted by molar-refractivity contribution is 0.158. The summed E-state index contributed by atoms with van der Waals surface area (Å²) in [6, 6.07) is 0. The van der Waals surface area contributed by atoms with Gasteiger partial charge in [-0.3, -0.25) is 0 Å². The Morgan fingerprint density at radius 1 is 1.89 bits per heavy atom. The van der Waals surface area contributed by atoms with E-state index in [0.717, 1.165) is 0 Å². The van der Waals surface area contributed by atoms with E-state index in [0.29, 0.717) is 0 Å². The molecule has 0 amide bonds. The van der Waals surface area contributed by atoms with Crippen molar-refractivity contribution in [2.24, 2.45) is 0 Å². The van der Waals surface area contributed by atoms with Crippen LogP contribution in [-0.2, 0) is 0 Å². The zero-order chi connectivity index (χ0) is 6.91. The van der Waals surface area contributed by atoms with Crippen LogP contribution in [-0.4, -0.2) is 28.7 Å². The van der Waals surface area contributed by atoms with Crippen molar-refractivity contribution in [2.75, 3.05) is 13.7 Å². The molecule has 1 unspecified atom stereocenters. The molecule has 1 aliphatic heterocycles. The molecule has 1 atom stereocenters. The Bertz CT molecular complexity index is 139. The third-order valence-corrected chi connectivity index (χ3v) is 2.00. The number of aliphatic hydroxyl groups excluding tert-OH is 1. The van der Waals surface area contributed by atoms with E-state index in [1.165, 1.54) is 0 Å². The smallest absolute Gasteiger partial charge is 0.179 e. The van der Waals surface area contributed by atoms with Crippen LogP contribution in [0.3, 0.4) is 0 Å². The number of hydrogen-bond donors (Lipinski definition) is 3. The number of nitrogens with one attached hydrogen (secondary N) is 1. The summed E-state index contributed by atoms with van der Waals surface area (Å²) in [6.07, 6.45) is 3.58. The topological polar surface area (TPSA) is 35.5 Å². The summed E-state index contributed by atoms with van der Waals surface area (Å²) in [4.78, 5) is 1.22. The van der Waals surface area contributed by atoms with E-state index >= 15 is 0 Å². The fourth-order valence-electron chi connectivity index (χ4n) is 0.665. The predicted octanol–water partition coefficient (Wildman–Crippen LogP) is -0.432. The summed E-state index contributed by atoms with van der Waals surface area (Å²) >= 11 is 4.18. The van der Waals surface area contributed by atoms with E-state index < -0.39 is 4.99 Å². The lowest BCUT2D eigenvalue weighted by atomic mass is 10.5. The van der Waals surface area contributed by atoms with Crippen LogP contribution < -0.4 is 5.32 Å². The van der Waals surface area contributed by atoms with Gasteiger partial charge in [-0.25, -0.2) is 0 Å². The normalized spacial score (nSPS) is 33.0. The standard InChI is InChI=1S/C5H10N2OS/c1-7-3-2-6-5(7,9)4-8/h2-3,6,8-9H,4H2,1H3. The minimum absolute atomic E-state index is 0.0143. The first-order valence-electron chi connectivity index (χ1n) is 2.69. The lowest BCUT2D eigenvalue weighted by Gasteiger charge is -2.29. The Morgan fingerprint density at radius 3 is 2.78 bits per heavy atom. The van der Waals surface area contributed by atoms with E-state index in [1.807, 2.05) is 13.2 Å². The van der Waals surface area contributed by atoms with Crippen LogP contribution in [0, 0.1) is 0 Å². The molecule has 0 saturated heterocycles. The number of hydrogen-bond acceptors (Lipinski definition) is 4. The highest BCUT2D eigenvalue weighted by Crippen LogP contribution is 2.18. The summed E-state index contributed by atoms with van der Waals surface area (Å²) in [5.41, 5.74) is 0. The van der Waals surface area contributed by atoms with Crippen molar-refractivity contribution in [3.05, 3.63) is 12.4 Å². The largest absolute Gasteiger partial charge is 0.391 e. The highest BCUT2D eigenvalue weighted by atomic mass is 32.1. The second kappa shape index (κ2) is 2.11. The van der Waals surface area contributed by atoms with E-state index in [1.54, 1.807) is 11.1 Å². The molecule has 52 valence electrons. The van der Waals surface area contributed by atoms with Gasteiger partial charge >= 0.3 is 0 Å². The van der Waals surface area contributed by atoms with Gasteiger partial charge < -0.3 is 15.3 Å². The summed E-state index contributed by atoms with van der Waals surface area (Å²) in [5, 5.41) is 11.7. The summed E-state index contributed by atoms with van der Waals surface area (Å²) < 4.78 is 0. The summed E-state index contributed by atoms with van der Waals surface area (Å²) in [6.45, 7) is -0.0143. The highest BCUT2D eigenvalue weighted by molar-refractivity contribution is 7.81. The molecule has 0 aromatic carbocycles. The molecule has 0 fully saturated rings. The van der Waals surface area contributed by atoms with Crippen LogP contribution >= 0.6 is 12.6 Å². The Labute approximate surface area is 59.8 Å². The van der Waals surface area contributed by atoms with Crippen molar-refractivity contribution < 1.29 is 5.11 Å². The molecule has 9 heavy (non-hydrogen) atoms. The van der Waals surface area contributed by atoms with Gasteiger partial charge in [-0.1, -0.05) is 0 Å². The molecule has 0 spiro atoms. The van der Waals surface area contributed by atoms with Gasteiger partial charge in [0.1, 0.15) is 0 Å². The predicted molar refractivity (Wildman–Crippen MR) is 38.8 cm³/mol. The first kappa shape index (κ1) is 6.77. The Kier molecular flexibility index (Phi) is 1.59. The molecule has 0 radical (unpaired) electrons. The third kappa shape index (κ3) is 0.997. The third-order valence-electron chi connectivity index (χ3n) is 1.42. The second-order valence-electron chi connectivity index (χ2n) is 2.05. The molecule has 0 saturated carbocycles. The second-order valence-corrected chi connectivity index (χ2v) is 2.79. The van der Waals surface area contributed by atoms with Crippen LogP contribution in [0.2, 0.25) is 0 Å². The molecule has 4 heteroatoms. The van der Waals surface area contributed by atoms with Gasteiger partial charge in [-0.15, -0.1) is 12.6 Å². The zero-order valence-corrected chi connectivity index (χ0v) is 6.10. The first-order chi connectivity index (χ1) is 4.19. The average molecular weight is 146 g/mol. The van der Waals surface area contributed by atoms with Crippen LogP contribution in [0.4, 0.5) is 0 Å². The number of aliphatic hydroxyl groups is 1. The minimum Gasteiger partial charge on any atom is -0.391 e. The molecule has 0 aliphatic carbocycles. The quantitative estimate of drug-likeness (QED) is 0.439. The maximum Gasteiger partial charge on any atom is 0.179 e. The fraction of sp³-hybridized carbons (Fsp3) is 0.600. The molecule has 0 bridgehead atoms. The minimum atomic E-state index is -0.583. The van der Waals surface area contributed by atoms with Crippen molar-refractivity contribution in [2.45, 2.75) is 4.99 Å². The maximum absolute atomic E-state index is 8.78. The first-order valence-corrected chi connectivity index (χ1v) is 3.14. The zero-order valence-electron chi connectivity index (χ0n) is 5.20. The Hall–Kier alpha value is -0.350. The Balaban J connectivity index is 2.62. The SMILES string of the molecule is CN1C=CNC1(S)CO. The van der Waals surface area contributed by atoms with E-state index in [2.05, 4.69) is 17.9 Å².